The van der Waals surface area contributed by atoms with Crippen LogP contribution in [-0.2, 0) is 19.4 Å². The molecule has 0 unspecified atom stereocenters. The van der Waals surface area contributed by atoms with Gasteiger partial charge in [0.25, 0.3) is 0 Å². The summed E-state index contributed by atoms with van der Waals surface area (Å²) in [6, 6.07) is 0. The van der Waals surface area contributed by atoms with Gasteiger partial charge in [0.1, 0.15) is 5.75 Å². The van der Waals surface area contributed by atoms with Crippen LogP contribution in [0.5, 0.6) is 0 Å². The second kappa shape index (κ2) is 5.83. The molecule has 1 N–H and O–H groups in total. The van der Waals surface area contributed by atoms with E-state index in [-0.39, 0.29) is 13.0 Å². The van der Waals surface area contributed by atoms with Crippen LogP contribution in [0.1, 0.15) is 20.3 Å². The number of aliphatic carboxylic acids is 1. The summed E-state index contributed by atoms with van der Waals surface area (Å²) in [7, 11) is -2.03. The second-order valence-electron chi connectivity index (χ2n) is 3.81. The molecular formula is C9H17NO5S. The van der Waals surface area contributed by atoms with Crippen molar-refractivity contribution in [3.8, 4) is 0 Å². The Morgan fingerprint density at radius 2 is 1.81 bits per heavy atom. The Morgan fingerprint density at radius 1 is 1.31 bits per heavy atom. The molecule has 0 bridgehead atoms. The van der Waals surface area contributed by atoms with E-state index in [1.807, 2.05) is 0 Å². The van der Waals surface area contributed by atoms with Crippen LogP contribution in [0, 0.1) is 0 Å². The van der Waals surface area contributed by atoms with Crippen LogP contribution in [0.3, 0.4) is 0 Å². The van der Waals surface area contributed by atoms with E-state index in [2.05, 4.69) is 0 Å². The first kappa shape index (κ1) is 14.9. The fourth-order valence-corrected chi connectivity index (χ4v) is 1.73. The Balaban J connectivity index is 4.32. The summed E-state index contributed by atoms with van der Waals surface area (Å²) in [6.07, 6.45) is -0.191. The molecule has 6 nitrogen and oxygen atoms in total. The zero-order valence-electron chi connectivity index (χ0n) is 9.63. The lowest BCUT2D eigenvalue weighted by Crippen LogP contribution is -2.36. The highest BCUT2D eigenvalue weighted by atomic mass is 32.2. The van der Waals surface area contributed by atoms with Gasteiger partial charge in [-0.25, -0.2) is 8.42 Å². The van der Waals surface area contributed by atoms with Crippen molar-refractivity contribution in [1.29, 1.82) is 0 Å². The maximum absolute atomic E-state index is 11.4. The molecule has 94 valence electrons. The quantitative estimate of drug-likeness (QED) is 0.702. The van der Waals surface area contributed by atoms with E-state index >= 15 is 0 Å². The molecule has 0 aromatic rings. The van der Waals surface area contributed by atoms with Crippen LogP contribution < -0.4 is 0 Å². The van der Waals surface area contributed by atoms with Crippen molar-refractivity contribution in [3.05, 3.63) is 0 Å². The first-order valence-electron chi connectivity index (χ1n) is 4.84. The summed E-state index contributed by atoms with van der Waals surface area (Å²) >= 11 is 0. The predicted octanol–water partition coefficient (Wildman–Crippen LogP) is -0.257. The number of hydrogen-bond donors (Lipinski definition) is 1. The summed E-state index contributed by atoms with van der Waals surface area (Å²) in [5.74, 6) is -2.16. The van der Waals surface area contributed by atoms with Gasteiger partial charge in [0.05, 0.1) is 11.7 Å². The average Bonchev–Trinajstić information content (AvgIpc) is 2.12. The summed E-state index contributed by atoms with van der Waals surface area (Å²) in [5, 5.41) is 7.80. The van der Waals surface area contributed by atoms with Crippen LogP contribution >= 0.6 is 0 Å². The van der Waals surface area contributed by atoms with Gasteiger partial charge in [-0.05, 0) is 13.8 Å². The number of carboxylic acids is 1. The summed E-state index contributed by atoms with van der Waals surface area (Å²) < 4.78 is 22.8. The van der Waals surface area contributed by atoms with Crippen LogP contribution in [0.15, 0.2) is 0 Å². The van der Waals surface area contributed by atoms with Crippen molar-refractivity contribution < 1.29 is 23.1 Å². The van der Waals surface area contributed by atoms with Gasteiger partial charge in [-0.15, -0.1) is 0 Å². The predicted molar refractivity (Wildman–Crippen MR) is 58.8 cm³/mol. The third kappa shape index (κ3) is 5.11. The molecule has 0 aliphatic rings. The SMILES string of the molecule is CC(C)S(=O)(=O)CC(=O)N(C)CCC(=O)O. The molecule has 0 atom stereocenters. The van der Waals surface area contributed by atoms with Crippen LogP contribution in [0.2, 0.25) is 0 Å². The minimum atomic E-state index is -3.42. The largest absolute Gasteiger partial charge is 0.481 e. The molecule has 7 heteroatoms. The fraction of sp³-hybridized carbons (Fsp3) is 0.778. The standard InChI is InChI=1S/C9H17NO5S/c1-7(2)16(14,15)6-8(11)10(3)5-4-9(12)13/h7H,4-6H2,1-3H3,(H,12,13). The molecule has 16 heavy (non-hydrogen) atoms. The lowest BCUT2D eigenvalue weighted by Gasteiger charge is -2.16. The third-order valence-corrected chi connectivity index (χ3v) is 4.22. The van der Waals surface area contributed by atoms with E-state index in [0.29, 0.717) is 0 Å². The fourth-order valence-electron chi connectivity index (χ4n) is 0.837. The van der Waals surface area contributed by atoms with Crippen LogP contribution in [0.4, 0.5) is 0 Å². The van der Waals surface area contributed by atoms with Gasteiger partial charge in [0.2, 0.25) is 5.91 Å². The third-order valence-electron chi connectivity index (χ3n) is 2.13. The highest BCUT2D eigenvalue weighted by Crippen LogP contribution is 2.02. The van der Waals surface area contributed by atoms with Gasteiger partial charge in [-0.3, -0.25) is 9.59 Å². The molecule has 0 aromatic heterocycles. The summed E-state index contributed by atoms with van der Waals surface area (Å²) in [4.78, 5) is 22.8. The molecule has 0 rings (SSSR count). The second-order valence-corrected chi connectivity index (χ2v) is 6.37. The van der Waals surface area contributed by atoms with Crippen molar-refractivity contribution in [2.45, 2.75) is 25.5 Å². The smallest absolute Gasteiger partial charge is 0.305 e. The number of sulfone groups is 1. The lowest BCUT2D eigenvalue weighted by molar-refractivity contribution is -0.137. The number of hydrogen-bond acceptors (Lipinski definition) is 4. The van der Waals surface area contributed by atoms with Gasteiger partial charge in [-0.2, -0.15) is 0 Å². The van der Waals surface area contributed by atoms with Gasteiger partial charge in [-0.1, -0.05) is 0 Å². The monoisotopic (exact) mass is 251 g/mol. The maximum atomic E-state index is 11.4. The zero-order valence-corrected chi connectivity index (χ0v) is 10.5. The number of nitrogens with zero attached hydrogens (tertiary/aromatic N) is 1. The molecule has 1 amide bonds. The molecule has 0 saturated heterocycles. The van der Waals surface area contributed by atoms with Crippen molar-refractivity contribution >= 4 is 21.7 Å². The molecule has 0 fully saturated rings. The Kier molecular flexibility index (Phi) is 5.43. The Morgan fingerprint density at radius 3 is 2.19 bits per heavy atom. The van der Waals surface area contributed by atoms with E-state index in [1.165, 1.54) is 20.9 Å². The average molecular weight is 251 g/mol. The van der Waals surface area contributed by atoms with Gasteiger partial charge in [0.15, 0.2) is 9.84 Å². The van der Waals surface area contributed by atoms with Gasteiger partial charge in [0, 0.05) is 13.6 Å². The minimum absolute atomic E-state index is 0.0157. The Hall–Kier alpha value is -1.11. The van der Waals surface area contributed by atoms with E-state index in [4.69, 9.17) is 5.11 Å². The van der Waals surface area contributed by atoms with Gasteiger partial charge >= 0.3 is 5.97 Å². The Bertz CT molecular complexity index is 360. The summed E-state index contributed by atoms with van der Waals surface area (Å²) in [6.45, 7) is 3.02. The van der Waals surface area contributed by atoms with Crippen LogP contribution in [0.25, 0.3) is 0 Å². The molecule has 0 radical (unpaired) electrons. The van der Waals surface area contributed by atoms with Crippen molar-refractivity contribution in [2.24, 2.45) is 0 Å². The molecule has 0 aliphatic heterocycles. The van der Waals surface area contributed by atoms with E-state index < -0.39 is 32.7 Å². The lowest BCUT2D eigenvalue weighted by atomic mass is 10.4. The number of carboxylic acid groups (broad SMARTS) is 1. The minimum Gasteiger partial charge on any atom is -0.481 e. The first-order valence-corrected chi connectivity index (χ1v) is 6.55. The number of carbonyl (C=O) groups excluding carboxylic acids is 1. The van der Waals surface area contributed by atoms with Crippen molar-refractivity contribution in [1.82, 2.24) is 4.90 Å². The molecule has 0 spiro atoms. The van der Waals surface area contributed by atoms with Gasteiger partial charge < -0.3 is 10.0 Å². The number of carbonyl (C=O) groups is 2. The highest BCUT2D eigenvalue weighted by molar-refractivity contribution is 7.92. The normalized spacial score (nSPS) is 11.5. The van der Waals surface area contributed by atoms with E-state index in [9.17, 15) is 18.0 Å². The maximum Gasteiger partial charge on any atom is 0.305 e. The number of rotatable bonds is 6. The van der Waals surface area contributed by atoms with E-state index in [1.54, 1.807) is 0 Å². The molecular weight excluding hydrogens is 234 g/mol. The summed E-state index contributed by atoms with van der Waals surface area (Å²) in [5.41, 5.74) is 0. The van der Waals surface area contributed by atoms with E-state index in [0.717, 1.165) is 4.90 Å². The Labute approximate surface area is 95.2 Å². The molecule has 0 saturated carbocycles. The molecule has 0 aliphatic carbocycles. The van der Waals surface area contributed by atoms with Crippen LogP contribution in [-0.4, -0.2) is 54.9 Å². The molecule has 0 aromatic carbocycles. The van der Waals surface area contributed by atoms with Crippen molar-refractivity contribution in [3.63, 3.8) is 0 Å². The zero-order chi connectivity index (χ0) is 12.9. The topological polar surface area (TPSA) is 91.8 Å². The highest BCUT2D eigenvalue weighted by Gasteiger charge is 2.22. The van der Waals surface area contributed by atoms with Crippen molar-refractivity contribution in [2.75, 3.05) is 19.3 Å². The molecule has 0 heterocycles. The first-order chi connectivity index (χ1) is 7.16. The number of amides is 1.